The first-order valence-corrected chi connectivity index (χ1v) is 10.9. The zero-order valence-electron chi connectivity index (χ0n) is 19.8. The molecule has 9 heteroatoms. The molecule has 0 aliphatic carbocycles. The molecule has 176 valence electrons. The van der Waals surface area contributed by atoms with Crippen molar-refractivity contribution in [1.29, 1.82) is 0 Å². The molecule has 4 aromatic rings. The van der Waals surface area contributed by atoms with Crippen LogP contribution in [-0.4, -0.2) is 58.2 Å². The van der Waals surface area contributed by atoms with Gasteiger partial charge >= 0.3 is 5.97 Å². The maximum absolute atomic E-state index is 11.1. The standard InChI is InChI=1S/C13H17N3O2.C11H15N3O/c1-8-13-12(10(6-16-13)4-5-14-3)11(7-15-8)18-9(2)17;1-7-11-10(9(15)6-13-7)8(5-14-11)3-4-12-2/h6-7,14,16H,4-5H2,1-3H3;5-6,12,14-15H,3-4H2,1-2H3. The Morgan fingerprint density at radius 2 is 1.45 bits per heavy atom. The van der Waals surface area contributed by atoms with Gasteiger partial charge in [-0.3, -0.25) is 14.8 Å². The molecule has 0 spiro atoms. The van der Waals surface area contributed by atoms with Crippen LogP contribution >= 0.6 is 0 Å². The predicted molar refractivity (Wildman–Crippen MR) is 130 cm³/mol. The van der Waals surface area contributed by atoms with Crippen molar-refractivity contribution < 1.29 is 14.6 Å². The number of hydrogen-bond donors (Lipinski definition) is 5. The van der Waals surface area contributed by atoms with Gasteiger partial charge in [0.05, 0.1) is 34.8 Å². The number of aromatic hydroxyl groups is 1. The van der Waals surface area contributed by atoms with E-state index in [1.807, 2.05) is 40.3 Å². The van der Waals surface area contributed by atoms with Crippen molar-refractivity contribution >= 4 is 27.8 Å². The van der Waals surface area contributed by atoms with E-state index in [1.54, 1.807) is 6.20 Å². The predicted octanol–water partition coefficient (Wildman–Crippen LogP) is 2.90. The van der Waals surface area contributed by atoms with E-state index >= 15 is 0 Å². The lowest BCUT2D eigenvalue weighted by Crippen LogP contribution is -2.10. The van der Waals surface area contributed by atoms with Crippen molar-refractivity contribution in [1.82, 2.24) is 30.6 Å². The highest BCUT2D eigenvalue weighted by Gasteiger charge is 2.14. The Labute approximate surface area is 193 Å². The number of likely N-dealkylation sites (N-methyl/N-ethyl adjacent to an activating group) is 2. The number of aromatic nitrogens is 4. The van der Waals surface area contributed by atoms with Crippen LogP contribution in [0.25, 0.3) is 21.8 Å². The lowest BCUT2D eigenvalue weighted by Gasteiger charge is -2.06. The molecule has 0 fully saturated rings. The molecular formula is C24H32N6O3. The maximum atomic E-state index is 11.1. The van der Waals surface area contributed by atoms with Gasteiger partial charge in [-0.2, -0.15) is 0 Å². The molecule has 0 aliphatic rings. The van der Waals surface area contributed by atoms with Crippen LogP contribution in [0.15, 0.2) is 24.8 Å². The second kappa shape index (κ2) is 10.9. The monoisotopic (exact) mass is 452 g/mol. The van der Waals surface area contributed by atoms with E-state index in [-0.39, 0.29) is 11.7 Å². The fourth-order valence-corrected chi connectivity index (χ4v) is 3.79. The summed E-state index contributed by atoms with van der Waals surface area (Å²) in [6, 6.07) is 0. The largest absolute Gasteiger partial charge is 0.506 e. The number of fused-ring (bicyclic) bond motifs is 2. The average Bonchev–Trinajstić information content (AvgIpc) is 3.41. The maximum Gasteiger partial charge on any atom is 0.308 e. The van der Waals surface area contributed by atoms with Crippen molar-refractivity contribution in [3.63, 3.8) is 0 Å². The highest BCUT2D eigenvalue weighted by Crippen LogP contribution is 2.30. The van der Waals surface area contributed by atoms with E-state index in [0.29, 0.717) is 5.75 Å². The van der Waals surface area contributed by atoms with Crippen molar-refractivity contribution in [2.75, 3.05) is 27.2 Å². The summed E-state index contributed by atoms with van der Waals surface area (Å²) in [5.41, 5.74) is 5.93. The first-order chi connectivity index (χ1) is 15.9. The fraction of sp³-hybridized carbons (Fsp3) is 0.375. The van der Waals surface area contributed by atoms with Crippen molar-refractivity contribution in [2.45, 2.75) is 33.6 Å². The van der Waals surface area contributed by atoms with E-state index in [4.69, 9.17) is 4.74 Å². The second-order valence-electron chi connectivity index (χ2n) is 7.87. The minimum absolute atomic E-state index is 0.253. The van der Waals surface area contributed by atoms with Gasteiger partial charge in [0, 0.05) is 30.1 Å². The van der Waals surface area contributed by atoms with Gasteiger partial charge in [-0.25, -0.2) is 0 Å². The molecule has 0 radical (unpaired) electrons. The number of carbonyl (C=O) groups is 1. The Kier molecular flexibility index (Phi) is 8.02. The van der Waals surface area contributed by atoms with Gasteiger partial charge in [0.25, 0.3) is 0 Å². The highest BCUT2D eigenvalue weighted by molar-refractivity contribution is 5.92. The van der Waals surface area contributed by atoms with E-state index in [0.717, 1.165) is 70.3 Å². The third-order valence-corrected chi connectivity index (χ3v) is 5.45. The minimum Gasteiger partial charge on any atom is -0.506 e. The zero-order chi connectivity index (χ0) is 24.0. The Balaban J connectivity index is 0.000000189. The molecule has 4 rings (SSSR count). The van der Waals surface area contributed by atoms with Crippen molar-refractivity contribution in [3.05, 3.63) is 47.3 Å². The van der Waals surface area contributed by atoms with Crippen LogP contribution in [0.2, 0.25) is 0 Å². The molecule has 0 amide bonds. The quantitative estimate of drug-likeness (QED) is 0.273. The lowest BCUT2D eigenvalue weighted by atomic mass is 10.1. The van der Waals surface area contributed by atoms with E-state index < -0.39 is 0 Å². The number of esters is 1. The molecule has 5 N–H and O–H groups in total. The SMILES string of the molecule is CNCCc1c[nH]c2c(C)ncc(O)c12.CNCCc1c[nH]c2c(C)ncc(OC(C)=O)c12. The smallest absolute Gasteiger partial charge is 0.308 e. The lowest BCUT2D eigenvalue weighted by molar-refractivity contribution is -0.131. The minimum atomic E-state index is -0.331. The molecule has 4 aromatic heterocycles. The highest BCUT2D eigenvalue weighted by atomic mass is 16.5. The summed E-state index contributed by atoms with van der Waals surface area (Å²) in [6.45, 7) is 7.02. The summed E-state index contributed by atoms with van der Waals surface area (Å²) in [5, 5.41) is 17.8. The summed E-state index contributed by atoms with van der Waals surface area (Å²) in [7, 11) is 3.83. The van der Waals surface area contributed by atoms with Gasteiger partial charge in [-0.05, 0) is 65.0 Å². The molecule has 0 unspecified atom stereocenters. The molecule has 0 saturated carbocycles. The number of aromatic amines is 2. The Bertz CT molecular complexity index is 1240. The summed E-state index contributed by atoms with van der Waals surface area (Å²) in [5.74, 6) is 0.445. The summed E-state index contributed by atoms with van der Waals surface area (Å²) in [4.78, 5) is 25.8. The van der Waals surface area contributed by atoms with Crippen LogP contribution in [-0.2, 0) is 17.6 Å². The van der Waals surface area contributed by atoms with Gasteiger partial charge in [0.15, 0.2) is 5.75 Å². The van der Waals surface area contributed by atoms with E-state index in [2.05, 4.69) is 30.6 Å². The Morgan fingerprint density at radius 1 is 0.939 bits per heavy atom. The van der Waals surface area contributed by atoms with Gasteiger partial charge in [-0.15, -0.1) is 0 Å². The van der Waals surface area contributed by atoms with Crippen molar-refractivity contribution in [3.8, 4) is 11.5 Å². The van der Waals surface area contributed by atoms with Gasteiger partial charge < -0.3 is 30.4 Å². The van der Waals surface area contributed by atoms with Crippen LogP contribution in [0.4, 0.5) is 0 Å². The third kappa shape index (κ3) is 5.50. The number of pyridine rings is 2. The Morgan fingerprint density at radius 3 is 2.00 bits per heavy atom. The molecule has 0 saturated heterocycles. The molecule has 0 aliphatic heterocycles. The molecule has 33 heavy (non-hydrogen) atoms. The molecule has 4 heterocycles. The summed E-state index contributed by atoms with van der Waals surface area (Å²) in [6.07, 6.45) is 8.77. The molecule has 9 nitrogen and oxygen atoms in total. The van der Waals surface area contributed by atoms with Crippen LogP contribution < -0.4 is 15.4 Å². The molecule has 0 aromatic carbocycles. The number of nitrogens with zero attached hydrogens (tertiary/aromatic N) is 2. The Hall–Kier alpha value is -3.43. The number of carbonyl (C=O) groups excluding carboxylic acids is 1. The summed E-state index contributed by atoms with van der Waals surface area (Å²) < 4.78 is 5.22. The van der Waals surface area contributed by atoms with Crippen LogP contribution in [0.3, 0.4) is 0 Å². The van der Waals surface area contributed by atoms with Crippen LogP contribution in [0.1, 0.15) is 29.4 Å². The van der Waals surface area contributed by atoms with Gasteiger partial charge in [0.1, 0.15) is 5.75 Å². The number of nitrogens with one attached hydrogen (secondary N) is 4. The van der Waals surface area contributed by atoms with E-state index in [1.165, 1.54) is 13.1 Å². The van der Waals surface area contributed by atoms with Crippen LogP contribution in [0.5, 0.6) is 11.5 Å². The third-order valence-electron chi connectivity index (χ3n) is 5.45. The van der Waals surface area contributed by atoms with Gasteiger partial charge in [0.2, 0.25) is 0 Å². The first-order valence-electron chi connectivity index (χ1n) is 10.9. The number of hydrogen-bond acceptors (Lipinski definition) is 7. The molecule has 0 bridgehead atoms. The zero-order valence-corrected chi connectivity index (χ0v) is 19.8. The average molecular weight is 453 g/mol. The number of H-pyrrole nitrogens is 2. The van der Waals surface area contributed by atoms with Crippen LogP contribution in [0, 0.1) is 13.8 Å². The summed E-state index contributed by atoms with van der Waals surface area (Å²) >= 11 is 0. The van der Waals surface area contributed by atoms with Gasteiger partial charge in [-0.1, -0.05) is 0 Å². The first kappa shape index (κ1) is 24.2. The normalized spacial score (nSPS) is 10.9. The molecule has 0 atom stereocenters. The number of ether oxygens (including phenoxy) is 1. The fourth-order valence-electron chi connectivity index (χ4n) is 3.79. The molecular weight excluding hydrogens is 420 g/mol. The number of aryl methyl sites for hydroxylation is 2. The number of rotatable bonds is 7. The second-order valence-corrected chi connectivity index (χ2v) is 7.87. The van der Waals surface area contributed by atoms with E-state index in [9.17, 15) is 9.90 Å². The topological polar surface area (TPSA) is 128 Å². The van der Waals surface area contributed by atoms with Crippen molar-refractivity contribution in [2.24, 2.45) is 0 Å².